The number of hydrogen-bond donors (Lipinski definition) is 0. The van der Waals surface area contributed by atoms with E-state index in [1.165, 1.54) is 60.7 Å². The fourth-order valence-corrected chi connectivity index (χ4v) is 6.53. The first-order valence-electron chi connectivity index (χ1n) is 12.2. The van der Waals surface area contributed by atoms with Gasteiger partial charge in [0.2, 0.25) is 0 Å². The van der Waals surface area contributed by atoms with Crippen LogP contribution < -0.4 is 0 Å². The first-order valence-corrected chi connectivity index (χ1v) is 12.2. The number of pyridine rings is 2. The molecule has 35 heavy (non-hydrogen) atoms. The number of nitrogens with zero attached hydrogens (tertiary/aromatic N) is 3. The average Bonchev–Trinajstić information content (AvgIpc) is 3.57. The third-order valence-electron chi connectivity index (χ3n) is 8.06. The molecule has 9 rings (SSSR count). The molecule has 0 radical (unpaired) electrons. The summed E-state index contributed by atoms with van der Waals surface area (Å²) in [6.45, 7) is 0. The van der Waals surface area contributed by atoms with Crippen LogP contribution in [-0.2, 0) is 12.8 Å². The first-order chi connectivity index (χ1) is 17.3. The summed E-state index contributed by atoms with van der Waals surface area (Å²) in [4.78, 5) is 9.60. The van der Waals surface area contributed by atoms with E-state index in [0.29, 0.717) is 0 Å². The Balaban J connectivity index is 1.40. The van der Waals surface area contributed by atoms with E-state index >= 15 is 0 Å². The Kier molecular flexibility index (Phi) is 3.14. The number of aromatic nitrogens is 3. The van der Waals surface area contributed by atoms with E-state index in [2.05, 4.69) is 88.2 Å². The summed E-state index contributed by atoms with van der Waals surface area (Å²) >= 11 is 0. The maximum atomic E-state index is 5.11. The van der Waals surface area contributed by atoms with Crippen LogP contribution in [0.5, 0.6) is 0 Å². The fourth-order valence-electron chi connectivity index (χ4n) is 6.53. The van der Waals surface area contributed by atoms with Crippen LogP contribution in [0.2, 0.25) is 0 Å². The predicted octanol–water partition coefficient (Wildman–Crippen LogP) is 7.33. The number of imidazole rings is 1. The molecule has 0 atom stereocenters. The molecular formula is C32H19N3. The van der Waals surface area contributed by atoms with Crippen LogP contribution in [0.25, 0.3) is 60.6 Å². The first kappa shape index (κ1) is 17.9. The van der Waals surface area contributed by atoms with E-state index in [1.54, 1.807) is 0 Å². The Bertz CT molecular complexity index is 2060. The normalized spacial score (nSPS) is 13.5. The molecule has 4 aromatic carbocycles. The topological polar surface area (TPSA) is 30.2 Å². The lowest BCUT2D eigenvalue weighted by atomic mass is 9.96. The molecule has 0 spiro atoms. The summed E-state index contributed by atoms with van der Waals surface area (Å²) in [6, 6.07) is 29.0. The lowest BCUT2D eigenvalue weighted by molar-refractivity contribution is 1.21. The largest absolute Gasteiger partial charge is 0.292 e. The van der Waals surface area contributed by atoms with Gasteiger partial charge in [0.15, 0.2) is 0 Å². The van der Waals surface area contributed by atoms with Gasteiger partial charge in [-0.25, -0.2) is 4.98 Å². The molecule has 0 amide bonds. The smallest absolute Gasteiger partial charge is 0.146 e. The molecule has 0 bridgehead atoms. The lowest BCUT2D eigenvalue weighted by Gasteiger charge is -2.11. The van der Waals surface area contributed by atoms with Gasteiger partial charge in [0.1, 0.15) is 5.65 Å². The number of fused-ring (bicyclic) bond motifs is 14. The van der Waals surface area contributed by atoms with E-state index in [9.17, 15) is 0 Å². The summed E-state index contributed by atoms with van der Waals surface area (Å²) in [5, 5.41) is 3.60. The van der Waals surface area contributed by atoms with Gasteiger partial charge in [-0.2, -0.15) is 0 Å². The van der Waals surface area contributed by atoms with Gasteiger partial charge in [0, 0.05) is 23.2 Å². The van der Waals surface area contributed by atoms with Crippen molar-refractivity contribution in [2.75, 3.05) is 0 Å². The zero-order valence-electron chi connectivity index (χ0n) is 18.9. The molecule has 0 saturated carbocycles. The molecule has 162 valence electrons. The van der Waals surface area contributed by atoms with Gasteiger partial charge in [-0.3, -0.25) is 9.38 Å². The second-order valence-electron chi connectivity index (χ2n) is 9.88. The minimum atomic E-state index is 0.980. The Labute approximate surface area is 201 Å². The molecule has 0 fully saturated rings. The quantitative estimate of drug-likeness (QED) is 0.229. The summed E-state index contributed by atoms with van der Waals surface area (Å²) in [5.41, 5.74) is 15.6. The van der Waals surface area contributed by atoms with Crippen molar-refractivity contribution >= 4 is 38.4 Å². The molecule has 0 N–H and O–H groups in total. The van der Waals surface area contributed by atoms with Crippen molar-refractivity contribution in [3.05, 3.63) is 114 Å². The van der Waals surface area contributed by atoms with Gasteiger partial charge in [0.05, 0.1) is 16.6 Å². The Morgan fingerprint density at radius 3 is 2.31 bits per heavy atom. The number of para-hydroxylation sites is 2. The summed E-state index contributed by atoms with van der Waals surface area (Å²) in [5.74, 6) is 0. The molecule has 2 aliphatic rings. The van der Waals surface area contributed by atoms with Crippen molar-refractivity contribution in [1.82, 2.24) is 14.4 Å². The highest BCUT2D eigenvalue weighted by atomic mass is 15.0. The average molecular weight is 446 g/mol. The van der Waals surface area contributed by atoms with Crippen LogP contribution in [0.15, 0.2) is 91.3 Å². The molecule has 0 unspecified atom stereocenters. The van der Waals surface area contributed by atoms with E-state index < -0.39 is 0 Å². The van der Waals surface area contributed by atoms with Crippen LogP contribution in [-0.4, -0.2) is 14.4 Å². The minimum absolute atomic E-state index is 0.980. The van der Waals surface area contributed by atoms with Gasteiger partial charge in [-0.1, -0.05) is 42.5 Å². The van der Waals surface area contributed by atoms with Crippen LogP contribution in [0.3, 0.4) is 0 Å². The van der Waals surface area contributed by atoms with Crippen LogP contribution in [0, 0.1) is 0 Å². The van der Waals surface area contributed by atoms with Gasteiger partial charge < -0.3 is 0 Å². The Morgan fingerprint density at radius 2 is 1.34 bits per heavy atom. The van der Waals surface area contributed by atoms with Crippen molar-refractivity contribution in [2.45, 2.75) is 12.8 Å². The van der Waals surface area contributed by atoms with E-state index in [4.69, 9.17) is 4.98 Å². The lowest BCUT2D eigenvalue weighted by Crippen LogP contribution is -1.93. The van der Waals surface area contributed by atoms with Crippen LogP contribution >= 0.6 is 0 Å². The molecule has 3 nitrogen and oxygen atoms in total. The van der Waals surface area contributed by atoms with Crippen LogP contribution in [0.1, 0.15) is 22.3 Å². The highest BCUT2D eigenvalue weighted by Gasteiger charge is 2.26. The highest BCUT2D eigenvalue weighted by Crippen LogP contribution is 2.46. The molecule has 3 heterocycles. The van der Waals surface area contributed by atoms with Gasteiger partial charge in [-0.15, -0.1) is 0 Å². The molecular weight excluding hydrogens is 426 g/mol. The monoisotopic (exact) mass is 445 g/mol. The van der Waals surface area contributed by atoms with Gasteiger partial charge in [-0.05, 0) is 99.1 Å². The highest BCUT2D eigenvalue weighted by molar-refractivity contribution is 6.15. The zero-order chi connectivity index (χ0) is 22.7. The second kappa shape index (κ2) is 6.13. The Hall–Kier alpha value is -4.50. The van der Waals surface area contributed by atoms with E-state index in [0.717, 1.165) is 35.0 Å². The Morgan fingerprint density at radius 1 is 0.571 bits per heavy atom. The predicted molar refractivity (Wildman–Crippen MR) is 142 cm³/mol. The van der Waals surface area contributed by atoms with Crippen molar-refractivity contribution in [3.63, 3.8) is 0 Å². The third kappa shape index (κ3) is 2.21. The zero-order valence-corrected chi connectivity index (χ0v) is 18.9. The third-order valence-corrected chi connectivity index (χ3v) is 8.06. The molecule has 0 saturated heterocycles. The van der Waals surface area contributed by atoms with Crippen molar-refractivity contribution in [1.29, 1.82) is 0 Å². The summed E-state index contributed by atoms with van der Waals surface area (Å²) in [6.07, 6.45) is 5.90. The van der Waals surface area contributed by atoms with Gasteiger partial charge >= 0.3 is 0 Å². The maximum absolute atomic E-state index is 5.11. The van der Waals surface area contributed by atoms with E-state index in [1.807, 2.05) is 12.4 Å². The second-order valence-corrected chi connectivity index (χ2v) is 9.88. The summed E-state index contributed by atoms with van der Waals surface area (Å²) < 4.78 is 2.30. The SMILES string of the molecule is c1ccc2c(c1)Cc1cc3c(cc1-2)-c1cc2c(cc1C3)c1cnccc1n1c3ccccc3nc21. The number of rotatable bonds is 0. The van der Waals surface area contributed by atoms with Crippen LogP contribution in [0.4, 0.5) is 0 Å². The minimum Gasteiger partial charge on any atom is -0.292 e. The molecule has 2 aliphatic carbocycles. The fraction of sp³-hybridized carbons (Fsp3) is 0.0625. The van der Waals surface area contributed by atoms with Crippen molar-refractivity contribution in [3.8, 4) is 22.3 Å². The van der Waals surface area contributed by atoms with E-state index in [-0.39, 0.29) is 0 Å². The molecule has 7 aromatic rings. The summed E-state index contributed by atoms with van der Waals surface area (Å²) in [7, 11) is 0. The van der Waals surface area contributed by atoms with Crippen molar-refractivity contribution in [2.24, 2.45) is 0 Å². The molecule has 0 aliphatic heterocycles. The standard InChI is InChI=1S/C32H19N3/c1-2-6-22-18(5-1)11-19-12-20-13-21-14-26-27(16-25(21)24(20)15-23(19)22)32-34-29-7-3-4-8-31(29)35(32)30-9-10-33-17-28(26)30/h1-10,12,14-17H,11,13H2. The number of hydrogen-bond acceptors (Lipinski definition) is 2. The molecule has 3 heteroatoms. The number of benzene rings is 4. The van der Waals surface area contributed by atoms with Crippen molar-refractivity contribution < 1.29 is 0 Å². The molecule has 3 aromatic heterocycles. The maximum Gasteiger partial charge on any atom is 0.146 e. The van der Waals surface area contributed by atoms with Gasteiger partial charge in [0.25, 0.3) is 0 Å².